The number of anilines is 1. The molecule has 0 bridgehead atoms. The van der Waals surface area contributed by atoms with Crippen LogP contribution in [0.25, 0.3) is 0 Å². The zero-order chi connectivity index (χ0) is 20.3. The molecule has 1 aliphatic carbocycles. The predicted octanol–water partition coefficient (Wildman–Crippen LogP) is 3.99. The molecule has 158 valence electrons. The highest BCUT2D eigenvalue weighted by molar-refractivity contribution is 7.88. The van der Waals surface area contributed by atoms with Crippen LogP contribution in [0.15, 0.2) is 47.2 Å². The van der Waals surface area contributed by atoms with E-state index in [1.807, 2.05) is 0 Å². The maximum Gasteiger partial charge on any atom is 0.209 e. The number of benzene rings is 1. The van der Waals surface area contributed by atoms with Crippen molar-refractivity contribution in [2.75, 3.05) is 24.3 Å². The van der Waals surface area contributed by atoms with Gasteiger partial charge in [-0.3, -0.25) is 0 Å². The Morgan fingerprint density at radius 3 is 2.52 bits per heavy atom. The topological polar surface area (TPSA) is 58.6 Å². The lowest BCUT2D eigenvalue weighted by Crippen LogP contribution is -2.47. The molecule has 1 saturated heterocycles. The highest BCUT2D eigenvalue weighted by Crippen LogP contribution is 2.35. The fraction of sp³-hybridized carbons (Fsp3) is 0.545. The van der Waals surface area contributed by atoms with Crippen molar-refractivity contribution < 1.29 is 13.2 Å². The molecule has 1 N–H and O–H groups in total. The number of thiophene rings is 1. The minimum Gasteiger partial charge on any atom is -0.376 e. The van der Waals surface area contributed by atoms with Gasteiger partial charge in [-0.15, -0.1) is 0 Å². The molecular weight excluding hydrogens is 404 g/mol. The van der Waals surface area contributed by atoms with Crippen LogP contribution in [-0.2, 0) is 14.8 Å². The third-order valence-corrected chi connectivity index (χ3v) is 7.60. The molecule has 1 aromatic carbocycles. The van der Waals surface area contributed by atoms with E-state index in [1.54, 1.807) is 11.3 Å². The summed E-state index contributed by atoms with van der Waals surface area (Å²) in [5.41, 5.74) is 2.59. The molecule has 2 fully saturated rings. The third-order valence-electron chi connectivity index (χ3n) is 6.20. The molecule has 1 aliphatic heterocycles. The van der Waals surface area contributed by atoms with Crippen molar-refractivity contribution in [2.45, 2.75) is 56.2 Å². The van der Waals surface area contributed by atoms with Gasteiger partial charge >= 0.3 is 0 Å². The van der Waals surface area contributed by atoms with Crippen molar-refractivity contribution >= 4 is 27.0 Å². The van der Waals surface area contributed by atoms with Crippen LogP contribution < -0.4 is 9.62 Å². The number of hydrogen-bond acceptors (Lipinski definition) is 5. The molecular formula is C22H30N2O3S2. The third kappa shape index (κ3) is 5.40. The Morgan fingerprint density at radius 2 is 1.86 bits per heavy atom. The second kappa shape index (κ2) is 9.16. The molecule has 2 aromatic rings. The minimum absolute atomic E-state index is 0.0335. The van der Waals surface area contributed by atoms with E-state index >= 15 is 0 Å². The van der Waals surface area contributed by atoms with Crippen LogP contribution >= 0.6 is 11.3 Å². The number of sulfonamides is 1. The summed E-state index contributed by atoms with van der Waals surface area (Å²) in [5, 5.41) is 4.19. The van der Waals surface area contributed by atoms with Gasteiger partial charge in [-0.05, 0) is 55.0 Å². The molecule has 0 spiro atoms. The monoisotopic (exact) mass is 434 g/mol. The molecule has 5 nitrogen and oxygen atoms in total. The Hall–Kier alpha value is -1.41. The second-order valence-electron chi connectivity index (χ2n) is 8.25. The van der Waals surface area contributed by atoms with E-state index in [-0.39, 0.29) is 18.2 Å². The van der Waals surface area contributed by atoms with Crippen LogP contribution in [0, 0.1) is 0 Å². The molecule has 4 rings (SSSR count). The first-order chi connectivity index (χ1) is 14.0. The van der Waals surface area contributed by atoms with Crippen molar-refractivity contribution in [2.24, 2.45) is 0 Å². The minimum atomic E-state index is -3.24. The Bertz CT molecular complexity index is 863. The summed E-state index contributed by atoms with van der Waals surface area (Å²) in [7, 11) is -3.24. The van der Waals surface area contributed by atoms with E-state index in [4.69, 9.17) is 4.74 Å². The molecule has 2 aliphatic rings. The Morgan fingerprint density at radius 1 is 1.10 bits per heavy atom. The first-order valence-electron chi connectivity index (χ1n) is 10.4. The van der Waals surface area contributed by atoms with Crippen LogP contribution in [0.3, 0.4) is 0 Å². The number of rotatable bonds is 7. The van der Waals surface area contributed by atoms with Gasteiger partial charge in [-0.1, -0.05) is 30.3 Å². The predicted molar refractivity (Wildman–Crippen MR) is 119 cm³/mol. The number of nitrogens with one attached hydrogen (secondary N) is 1. The van der Waals surface area contributed by atoms with Gasteiger partial charge in [-0.2, -0.15) is 11.3 Å². The van der Waals surface area contributed by atoms with Crippen molar-refractivity contribution in [3.05, 3.63) is 52.7 Å². The summed E-state index contributed by atoms with van der Waals surface area (Å²) in [4.78, 5) is 2.30. The van der Waals surface area contributed by atoms with Crippen LogP contribution in [0.2, 0.25) is 0 Å². The molecule has 29 heavy (non-hydrogen) atoms. The van der Waals surface area contributed by atoms with Crippen molar-refractivity contribution in [1.82, 2.24) is 4.72 Å². The smallest absolute Gasteiger partial charge is 0.209 e. The first kappa shape index (κ1) is 20.8. The summed E-state index contributed by atoms with van der Waals surface area (Å²) in [5.74, 6) is 0.629. The van der Waals surface area contributed by atoms with Gasteiger partial charge in [0.1, 0.15) is 0 Å². The van der Waals surface area contributed by atoms with Crippen LogP contribution in [0.5, 0.6) is 0 Å². The Balaban J connectivity index is 1.36. The lowest BCUT2D eigenvalue weighted by atomic mass is 9.83. The molecule has 2 heterocycles. The molecule has 1 saturated carbocycles. The number of hydrogen-bond donors (Lipinski definition) is 1. The fourth-order valence-electron chi connectivity index (χ4n) is 4.74. The largest absolute Gasteiger partial charge is 0.376 e. The zero-order valence-corrected chi connectivity index (χ0v) is 18.5. The summed E-state index contributed by atoms with van der Waals surface area (Å²) in [6.07, 6.45) is 6.74. The maximum absolute atomic E-state index is 11.8. The average Bonchev–Trinajstić information content (AvgIpc) is 3.36. The fourth-order valence-corrected chi connectivity index (χ4v) is 6.21. The van der Waals surface area contributed by atoms with Gasteiger partial charge < -0.3 is 9.64 Å². The summed E-state index contributed by atoms with van der Waals surface area (Å²) in [6, 6.07) is 12.8. The Kier molecular flexibility index (Phi) is 6.59. The van der Waals surface area contributed by atoms with Gasteiger partial charge in [-0.25, -0.2) is 13.1 Å². The van der Waals surface area contributed by atoms with E-state index in [9.17, 15) is 8.42 Å². The van der Waals surface area contributed by atoms with E-state index in [0.29, 0.717) is 12.5 Å². The SMILES string of the molecule is CS(=O)(=O)N[C@H]1CCN(c2ccsc2)[C@H]1CO[C@H]1CC[C@@H](c2ccccc2)CC1. The number of nitrogens with zero attached hydrogens (tertiary/aromatic N) is 1. The normalized spacial score (nSPS) is 28.0. The van der Waals surface area contributed by atoms with Crippen molar-refractivity contribution in [1.29, 1.82) is 0 Å². The van der Waals surface area contributed by atoms with Gasteiger partial charge in [0, 0.05) is 23.7 Å². The summed E-state index contributed by atoms with van der Waals surface area (Å²) < 4.78 is 32.9. The van der Waals surface area contributed by atoms with Crippen molar-refractivity contribution in [3.63, 3.8) is 0 Å². The highest BCUT2D eigenvalue weighted by Gasteiger charge is 2.37. The quantitative estimate of drug-likeness (QED) is 0.716. The Labute approximate surface area is 178 Å². The van der Waals surface area contributed by atoms with Gasteiger partial charge in [0.25, 0.3) is 0 Å². The van der Waals surface area contributed by atoms with E-state index in [1.165, 1.54) is 11.8 Å². The molecule has 0 radical (unpaired) electrons. The first-order valence-corrected chi connectivity index (χ1v) is 13.3. The summed E-state index contributed by atoms with van der Waals surface area (Å²) >= 11 is 1.67. The molecule has 7 heteroatoms. The molecule has 0 unspecified atom stereocenters. The lowest BCUT2D eigenvalue weighted by molar-refractivity contribution is 0.0157. The van der Waals surface area contributed by atoms with Crippen molar-refractivity contribution in [3.8, 4) is 0 Å². The van der Waals surface area contributed by atoms with Gasteiger partial charge in [0.05, 0.1) is 25.0 Å². The molecule has 2 atom stereocenters. The van der Waals surface area contributed by atoms with E-state index < -0.39 is 10.0 Å². The number of ether oxygens (including phenoxy) is 1. The van der Waals surface area contributed by atoms with E-state index in [2.05, 4.69) is 56.8 Å². The molecule has 0 amide bonds. The van der Waals surface area contributed by atoms with Crippen LogP contribution in [-0.4, -0.2) is 46.0 Å². The van der Waals surface area contributed by atoms with Crippen LogP contribution in [0.4, 0.5) is 5.69 Å². The van der Waals surface area contributed by atoms with Gasteiger partial charge in [0.15, 0.2) is 0 Å². The highest BCUT2D eigenvalue weighted by atomic mass is 32.2. The van der Waals surface area contributed by atoms with E-state index in [0.717, 1.165) is 44.3 Å². The second-order valence-corrected chi connectivity index (χ2v) is 10.8. The van der Waals surface area contributed by atoms with Crippen LogP contribution in [0.1, 0.15) is 43.6 Å². The van der Waals surface area contributed by atoms with Gasteiger partial charge in [0.2, 0.25) is 10.0 Å². The zero-order valence-electron chi connectivity index (χ0n) is 16.9. The maximum atomic E-state index is 11.8. The average molecular weight is 435 g/mol. The molecule has 1 aromatic heterocycles. The standard InChI is InChI=1S/C22H30N2O3S2/c1-29(25,26)23-21-11-13-24(19-12-14-28-16-19)22(21)15-27-20-9-7-18(8-10-20)17-5-3-2-4-6-17/h2-6,12,14,16,18,20-23H,7-11,13,15H2,1H3/t18-,20+,21-,22-/m0/s1. The summed E-state index contributed by atoms with van der Waals surface area (Å²) in [6.45, 7) is 1.41. The lowest BCUT2D eigenvalue weighted by Gasteiger charge is -2.33.